The van der Waals surface area contributed by atoms with E-state index in [4.69, 9.17) is 4.74 Å². The van der Waals surface area contributed by atoms with Crippen LogP contribution in [0.4, 0.5) is 4.79 Å². The van der Waals surface area contributed by atoms with Crippen molar-refractivity contribution in [1.82, 2.24) is 10.2 Å². The fraction of sp³-hybridized carbons (Fsp3) is 0.923. The molecular weight excluding hydrogens is 280 g/mol. The van der Waals surface area contributed by atoms with E-state index in [0.717, 1.165) is 0 Å². The molecule has 0 spiro atoms. The van der Waals surface area contributed by atoms with Gasteiger partial charge in [-0.2, -0.15) is 0 Å². The highest BCUT2D eigenvalue weighted by molar-refractivity contribution is 7.92. The summed E-state index contributed by atoms with van der Waals surface area (Å²) in [7, 11) is -3.10. The van der Waals surface area contributed by atoms with E-state index in [0.29, 0.717) is 19.6 Å². The Hall–Kier alpha value is -0.820. The third-order valence-corrected chi connectivity index (χ3v) is 5.51. The summed E-state index contributed by atoms with van der Waals surface area (Å²) in [4.78, 5) is 13.3. The molecule has 1 fully saturated rings. The van der Waals surface area contributed by atoms with Gasteiger partial charge in [0.2, 0.25) is 0 Å². The van der Waals surface area contributed by atoms with Gasteiger partial charge in [0.15, 0.2) is 9.84 Å². The molecule has 1 saturated heterocycles. The van der Waals surface area contributed by atoms with Crippen molar-refractivity contribution in [3.8, 4) is 0 Å². The Bertz CT molecular complexity index is 459. The second kappa shape index (κ2) is 5.52. The average Bonchev–Trinajstić information content (AvgIpc) is 2.09. The van der Waals surface area contributed by atoms with Crippen LogP contribution in [0.1, 0.15) is 34.6 Å². The molecule has 0 aromatic rings. The number of nitrogens with zero attached hydrogens (tertiary/aromatic N) is 1. The first kappa shape index (κ1) is 17.2. The Kier molecular flexibility index (Phi) is 4.76. The lowest BCUT2D eigenvalue weighted by Gasteiger charge is -2.41. The minimum atomic E-state index is -3.10. The van der Waals surface area contributed by atoms with Crippen LogP contribution < -0.4 is 5.32 Å². The monoisotopic (exact) mass is 306 g/mol. The summed E-state index contributed by atoms with van der Waals surface area (Å²) < 4.78 is 27.6. The van der Waals surface area contributed by atoms with Crippen molar-refractivity contribution in [3.05, 3.63) is 0 Å². The van der Waals surface area contributed by atoms with Crippen LogP contribution in [0.25, 0.3) is 0 Å². The van der Waals surface area contributed by atoms with Crippen LogP contribution in [0.15, 0.2) is 0 Å². The van der Waals surface area contributed by atoms with Gasteiger partial charge < -0.3 is 15.0 Å². The largest absolute Gasteiger partial charge is 0.444 e. The summed E-state index contributed by atoms with van der Waals surface area (Å²) in [5.74, 6) is 0. The maximum atomic E-state index is 11.7. The molecule has 1 rings (SSSR count). The number of rotatable bonds is 4. The van der Waals surface area contributed by atoms with Gasteiger partial charge in [-0.15, -0.1) is 0 Å². The molecular formula is C13H26N2O4S. The summed E-state index contributed by atoms with van der Waals surface area (Å²) in [6, 6.07) is 0.128. The Morgan fingerprint density at radius 2 is 1.75 bits per heavy atom. The summed E-state index contributed by atoms with van der Waals surface area (Å²) >= 11 is 0. The van der Waals surface area contributed by atoms with Gasteiger partial charge in [0.05, 0.1) is 4.75 Å². The Balaban J connectivity index is 2.35. The van der Waals surface area contributed by atoms with Crippen LogP contribution in [-0.4, -0.2) is 61.7 Å². The van der Waals surface area contributed by atoms with Crippen LogP contribution in [0.5, 0.6) is 0 Å². The highest BCUT2D eigenvalue weighted by Gasteiger charge is 2.36. The van der Waals surface area contributed by atoms with E-state index in [2.05, 4.69) is 5.32 Å². The minimum Gasteiger partial charge on any atom is -0.444 e. The van der Waals surface area contributed by atoms with Gasteiger partial charge in [0, 0.05) is 31.9 Å². The van der Waals surface area contributed by atoms with Crippen LogP contribution >= 0.6 is 0 Å². The van der Waals surface area contributed by atoms with E-state index in [1.807, 2.05) is 20.8 Å². The number of hydrogen-bond donors (Lipinski definition) is 1. The van der Waals surface area contributed by atoms with E-state index >= 15 is 0 Å². The number of nitrogens with one attached hydrogen (secondary N) is 1. The molecule has 1 aliphatic rings. The van der Waals surface area contributed by atoms with Crippen LogP contribution in [0.3, 0.4) is 0 Å². The predicted octanol–water partition coefficient (Wildman–Crippen LogP) is 1.02. The minimum absolute atomic E-state index is 0.128. The first-order valence-electron chi connectivity index (χ1n) is 6.73. The zero-order valence-corrected chi connectivity index (χ0v) is 14.0. The molecule has 0 aromatic heterocycles. The van der Waals surface area contributed by atoms with Crippen molar-refractivity contribution < 1.29 is 17.9 Å². The normalized spacial score (nSPS) is 17.8. The SMILES string of the molecule is CC(C)(C)OC(=O)N1CC(NCC(C)(C)S(C)(=O)=O)C1. The fourth-order valence-corrected chi connectivity index (χ4v) is 1.95. The van der Waals surface area contributed by atoms with Gasteiger partial charge in [0.25, 0.3) is 0 Å². The number of hydrogen-bond acceptors (Lipinski definition) is 5. The molecule has 0 aliphatic carbocycles. The Labute approximate surface area is 121 Å². The molecule has 7 heteroatoms. The van der Waals surface area contributed by atoms with Gasteiger partial charge in [-0.3, -0.25) is 0 Å². The average molecular weight is 306 g/mol. The smallest absolute Gasteiger partial charge is 0.410 e. The topological polar surface area (TPSA) is 75.7 Å². The lowest BCUT2D eigenvalue weighted by atomic mass is 10.1. The molecule has 20 heavy (non-hydrogen) atoms. The number of ether oxygens (including phenoxy) is 1. The maximum Gasteiger partial charge on any atom is 0.410 e. The zero-order chi connectivity index (χ0) is 15.8. The molecule has 1 aliphatic heterocycles. The van der Waals surface area contributed by atoms with Gasteiger partial charge in [0.1, 0.15) is 5.60 Å². The van der Waals surface area contributed by atoms with Crippen LogP contribution in [-0.2, 0) is 14.6 Å². The number of carbonyl (C=O) groups excluding carboxylic acids is 1. The predicted molar refractivity (Wildman–Crippen MR) is 78.5 cm³/mol. The van der Waals surface area contributed by atoms with E-state index in [1.165, 1.54) is 6.26 Å². The molecule has 0 unspecified atom stereocenters. The lowest BCUT2D eigenvalue weighted by molar-refractivity contribution is 0.00522. The standard InChI is InChI=1S/C13H26N2O4S/c1-12(2,3)19-11(16)15-7-10(8-15)14-9-13(4,5)20(6,17)18/h10,14H,7-9H2,1-6H3. The van der Waals surface area contributed by atoms with Crippen LogP contribution in [0.2, 0.25) is 0 Å². The molecule has 1 heterocycles. The number of amides is 1. The summed E-state index contributed by atoms with van der Waals surface area (Å²) in [6.45, 7) is 10.3. The maximum absolute atomic E-state index is 11.7. The molecule has 118 valence electrons. The summed E-state index contributed by atoms with van der Waals surface area (Å²) in [5.41, 5.74) is -0.492. The van der Waals surface area contributed by atoms with E-state index in [-0.39, 0.29) is 12.1 Å². The molecule has 0 bridgehead atoms. The highest BCUT2D eigenvalue weighted by Crippen LogP contribution is 2.17. The van der Waals surface area contributed by atoms with E-state index in [9.17, 15) is 13.2 Å². The molecule has 1 amide bonds. The summed E-state index contributed by atoms with van der Waals surface area (Å²) in [6.07, 6.45) is 0.917. The van der Waals surface area contributed by atoms with Crippen molar-refractivity contribution in [2.75, 3.05) is 25.9 Å². The van der Waals surface area contributed by atoms with Crippen molar-refractivity contribution in [2.24, 2.45) is 0 Å². The quantitative estimate of drug-likeness (QED) is 0.839. The third-order valence-electron chi connectivity index (χ3n) is 3.35. The molecule has 0 saturated carbocycles. The Morgan fingerprint density at radius 1 is 1.25 bits per heavy atom. The van der Waals surface area contributed by atoms with E-state index < -0.39 is 20.2 Å². The summed E-state index contributed by atoms with van der Waals surface area (Å²) in [5, 5.41) is 3.18. The number of likely N-dealkylation sites (tertiary alicyclic amines) is 1. The van der Waals surface area contributed by atoms with Crippen molar-refractivity contribution in [1.29, 1.82) is 0 Å². The van der Waals surface area contributed by atoms with E-state index in [1.54, 1.807) is 18.7 Å². The van der Waals surface area contributed by atoms with Crippen molar-refractivity contribution in [2.45, 2.75) is 51.0 Å². The first-order chi connectivity index (χ1) is 8.82. The number of sulfone groups is 1. The second-order valence-corrected chi connectivity index (χ2v) is 9.64. The van der Waals surface area contributed by atoms with Gasteiger partial charge in [-0.25, -0.2) is 13.2 Å². The fourth-order valence-electron chi connectivity index (χ4n) is 1.60. The second-order valence-electron chi connectivity index (χ2n) is 7.00. The first-order valence-corrected chi connectivity index (χ1v) is 8.62. The van der Waals surface area contributed by atoms with Gasteiger partial charge >= 0.3 is 6.09 Å². The van der Waals surface area contributed by atoms with Crippen LogP contribution in [0, 0.1) is 0 Å². The molecule has 0 radical (unpaired) electrons. The third kappa shape index (κ3) is 4.63. The molecule has 6 nitrogen and oxygen atoms in total. The molecule has 1 N–H and O–H groups in total. The molecule has 0 atom stereocenters. The van der Waals surface area contributed by atoms with Crippen molar-refractivity contribution >= 4 is 15.9 Å². The van der Waals surface area contributed by atoms with Crippen molar-refractivity contribution in [3.63, 3.8) is 0 Å². The zero-order valence-electron chi connectivity index (χ0n) is 13.2. The number of carbonyl (C=O) groups is 1. The van der Waals surface area contributed by atoms with Gasteiger partial charge in [-0.05, 0) is 34.6 Å². The van der Waals surface area contributed by atoms with Gasteiger partial charge in [-0.1, -0.05) is 0 Å². The lowest BCUT2D eigenvalue weighted by Crippen LogP contribution is -2.62. The molecule has 0 aromatic carbocycles. The highest BCUT2D eigenvalue weighted by atomic mass is 32.2. The Morgan fingerprint density at radius 3 is 2.15 bits per heavy atom.